The average molecular weight is 469 g/mol. The quantitative estimate of drug-likeness (QED) is 0.305. The monoisotopic (exact) mass is 468 g/mol. The van der Waals surface area contributed by atoms with Crippen molar-refractivity contribution in [2.24, 2.45) is 5.73 Å². The topological polar surface area (TPSA) is 90.1 Å². The number of ether oxygens (including phenoxy) is 1. The van der Waals surface area contributed by atoms with E-state index in [4.69, 9.17) is 10.5 Å². The molecule has 0 aliphatic carbocycles. The molecule has 0 fully saturated rings. The largest absolute Gasteiger partial charge is 0.477 e. The summed E-state index contributed by atoms with van der Waals surface area (Å²) in [5.74, 6) is 1.61. The Labute approximate surface area is 206 Å². The maximum atomic E-state index is 12.1. The van der Waals surface area contributed by atoms with Crippen LogP contribution in [0.2, 0.25) is 0 Å². The fraction of sp³-hybridized carbons (Fsp3) is 0.276. The molecule has 1 heterocycles. The third-order valence-electron chi connectivity index (χ3n) is 6.51. The van der Waals surface area contributed by atoms with Crippen molar-refractivity contribution in [1.82, 2.24) is 9.97 Å². The van der Waals surface area contributed by atoms with Crippen molar-refractivity contribution in [3.05, 3.63) is 84.2 Å². The van der Waals surface area contributed by atoms with Gasteiger partial charge in [-0.1, -0.05) is 62.4 Å². The second kappa shape index (κ2) is 10.1. The van der Waals surface area contributed by atoms with Crippen LogP contribution in [0.5, 0.6) is 5.75 Å². The highest BCUT2D eigenvalue weighted by molar-refractivity contribution is 5.87. The van der Waals surface area contributed by atoms with Crippen LogP contribution < -0.4 is 15.8 Å². The Bertz CT molecular complexity index is 1350. The van der Waals surface area contributed by atoms with Crippen LogP contribution in [0.25, 0.3) is 22.0 Å². The molecule has 1 unspecified atom stereocenters. The first kappa shape index (κ1) is 24.2. The lowest BCUT2D eigenvalue weighted by Gasteiger charge is -2.29. The van der Waals surface area contributed by atoms with Gasteiger partial charge in [-0.2, -0.15) is 0 Å². The number of carbonyl (C=O) groups is 1. The first-order valence-electron chi connectivity index (χ1n) is 12.0. The molecule has 0 radical (unpaired) electrons. The van der Waals surface area contributed by atoms with Crippen LogP contribution in [0.15, 0.2) is 72.8 Å². The molecule has 35 heavy (non-hydrogen) atoms. The number of nitrogens with two attached hydrogens (primary N) is 1. The highest BCUT2D eigenvalue weighted by Gasteiger charge is 2.35. The van der Waals surface area contributed by atoms with Crippen molar-refractivity contribution in [2.45, 2.75) is 52.2 Å². The second-order valence-corrected chi connectivity index (χ2v) is 8.85. The Morgan fingerprint density at radius 2 is 1.71 bits per heavy atom. The number of aryl methyl sites for hydroxylation is 1. The van der Waals surface area contributed by atoms with E-state index in [1.54, 1.807) is 0 Å². The molecule has 0 aliphatic rings. The third kappa shape index (κ3) is 5.27. The summed E-state index contributed by atoms with van der Waals surface area (Å²) >= 11 is 0. The maximum Gasteiger partial charge on any atom is 0.261 e. The van der Waals surface area contributed by atoms with E-state index in [2.05, 4.69) is 52.5 Å². The minimum absolute atomic E-state index is 0.0523. The van der Waals surface area contributed by atoms with Crippen LogP contribution >= 0.6 is 0 Å². The van der Waals surface area contributed by atoms with Crippen molar-refractivity contribution in [3.8, 4) is 17.0 Å². The minimum atomic E-state index is -1.01. The summed E-state index contributed by atoms with van der Waals surface area (Å²) in [6, 6.07) is 24.3. The summed E-state index contributed by atoms with van der Waals surface area (Å²) in [7, 11) is 0. The zero-order valence-corrected chi connectivity index (χ0v) is 20.7. The lowest BCUT2D eigenvalue weighted by molar-refractivity contribution is -0.134. The third-order valence-corrected chi connectivity index (χ3v) is 6.51. The van der Waals surface area contributed by atoms with Gasteiger partial charge in [0.1, 0.15) is 17.4 Å². The highest BCUT2D eigenvalue weighted by Crippen LogP contribution is 2.29. The molecule has 4 rings (SSSR count). The van der Waals surface area contributed by atoms with E-state index in [1.807, 2.05) is 63.2 Å². The van der Waals surface area contributed by atoms with Gasteiger partial charge in [0.05, 0.1) is 11.7 Å². The number of amides is 1. The van der Waals surface area contributed by atoms with E-state index >= 15 is 0 Å². The number of benzene rings is 3. The van der Waals surface area contributed by atoms with Crippen LogP contribution in [0, 0.1) is 6.92 Å². The molecule has 0 saturated heterocycles. The summed E-state index contributed by atoms with van der Waals surface area (Å²) < 4.78 is 6.11. The summed E-state index contributed by atoms with van der Waals surface area (Å²) in [4.78, 5) is 21.3. The molecule has 1 aromatic heterocycles. The number of aromatic nitrogens is 2. The number of rotatable bonds is 9. The van der Waals surface area contributed by atoms with Gasteiger partial charge in [0.2, 0.25) is 0 Å². The van der Waals surface area contributed by atoms with Gasteiger partial charge in [0, 0.05) is 11.6 Å². The van der Waals surface area contributed by atoms with Crippen LogP contribution in [0.4, 0.5) is 5.82 Å². The Morgan fingerprint density at radius 1 is 0.971 bits per heavy atom. The number of hydrogen-bond donors (Lipinski definition) is 2. The molecule has 3 N–H and O–H groups in total. The summed E-state index contributed by atoms with van der Waals surface area (Å²) in [6.07, 6.45) is 1.02. The van der Waals surface area contributed by atoms with Gasteiger partial charge in [-0.05, 0) is 61.2 Å². The number of anilines is 1. The molecule has 6 nitrogen and oxygen atoms in total. The number of nitrogens with one attached hydrogen (secondary N) is 1. The van der Waals surface area contributed by atoms with Crippen molar-refractivity contribution in [1.29, 1.82) is 0 Å². The predicted octanol–water partition coefficient (Wildman–Crippen LogP) is 6.20. The summed E-state index contributed by atoms with van der Waals surface area (Å²) in [5.41, 5.74) is 7.57. The van der Waals surface area contributed by atoms with Crippen molar-refractivity contribution in [2.75, 3.05) is 5.32 Å². The zero-order chi connectivity index (χ0) is 25.0. The van der Waals surface area contributed by atoms with E-state index < -0.39 is 11.5 Å². The Morgan fingerprint density at radius 3 is 2.43 bits per heavy atom. The van der Waals surface area contributed by atoms with Crippen molar-refractivity contribution < 1.29 is 9.53 Å². The molecule has 0 saturated carbocycles. The number of hydrogen-bond acceptors (Lipinski definition) is 5. The second-order valence-electron chi connectivity index (χ2n) is 8.85. The van der Waals surface area contributed by atoms with Gasteiger partial charge in [0.15, 0.2) is 5.60 Å². The molecular weight excluding hydrogens is 436 g/mol. The molecular formula is C29H32N4O2. The van der Waals surface area contributed by atoms with Crippen LogP contribution in [-0.2, 0) is 4.79 Å². The van der Waals surface area contributed by atoms with Crippen LogP contribution in [0.1, 0.15) is 51.0 Å². The summed E-state index contributed by atoms with van der Waals surface area (Å²) in [5, 5.41) is 5.86. The smallest absolute Gasteiger partial charge is 0.261 e. The summed E-state index contributed by atoms with van der Waals surface area (Å²) in [6.45, 7) is 7.78. The van der Waals surface area contributed by atoms with Crippen LogP contribution in [-0.4, -0.2) is 21.5 Å². The molecule has 3 aromatic carbocycles. The van der Waals surface area contributed by atoms with Gasteiger partial charge in [-0.3, -0.25) is 4.79 Å². The first-order chi connectivity index (χ1) is 16.8. The number of nitrogens with zero attached hydrogens (tertiary/aromatic N) is 2. The van der Waals surface area contributed by atoms with Gasteiger partial charge in [0.25, 0.3) is 5.91 Å². The van der Waals surface area contributed by atoms with E-state index in [0.29, 0.717) is 24.4 Å². The number of fused-ring (bicyclic) bond motifs is 1. The van der Waals surface area contributed by atoms with Crippen molar-refractivity contribution >= 4 is 22.5 Å². The van der Waals surface area contributed by atoms with Gasteiger partial charge < -0.3 is 15.8 Å². The average Bonchev–Trinajstić information content (AvgIpc) is 2.86. The Kier molecular flexibility index (Phi) is 7.01. The number of carbonyl (C=O) groups excluding carboxylic acids is 1. The lowest BCUT2D eigenvalue weighted by atomic mass is 9.96. The molecule has 4 aromatic rings. The van der Waals surface area contributed by atoms with E-state index in [-0.39, 0.29) is 6.04 Å². The maximum absolute atomic E-state index is 12.1. The SMILES string of the molecule is CCC(CC)(Oc1cccc(C(C)Nc2cc(-c3ccc4ccccc4c3)nc(C)n2)c1)C(N)=O. The Hall–Kier alpha value is -3.93. The highest BCUT2D eigenvalue weighted by atomic mass is 16.5. The van der Waals surface area contributed by atoms with Gasteiger partial charge >= 0.3 is 0 Å². The molecule has 6 heteroatoms. The molecule has 0 bridgehead atoms. The lowest BCUT2D eigenvalue weighted by Crippen LogP contribution is -2.48. The fourth-order valence-electron chi connectivity index (χ4n) is 4.31. The number of primary amides is 1. The van der Waals surface area contributed by atoms with Crippen molar-refractivity contribution in [3.63, 3.8) is 0 Å². The first-order valence-corrected chi connectivity index (χ1v) is 12.0. The predicted molar refractivity (Wildman–Crippen MR) is 141 cm³/mol. The van der Waals surface area contributed by atoms with E-state index in [1.165, 1.54) is 10.8 Å². The zero-order valence-electron chi connectivity index (χ0n) is 20.7. The molecule has 0 spiro atoms. The standard InChI is InChI=1S/C29H32N4O2/c1-5-29(6-2,28(30)34)35-25-13-9-12-22(17-25)19(3)31-27-18-26(32-20(4)33-27)24-15-14-21-10-7-8-11-23(21)16-24/h7-19H,5-6H2,1-4H3,(H2,30,34)(H,31,32,33). The fourth-order valence-corrected chi connectivity index (χ4v) is 4.31. The normalized spacial score (nSPS) is 12.3. The molecule has 1 amide bonds. The minimum Gasteiger partial charge on any atom is -0.477 e. The van der Waals surface area contributed by atoms with E-state index in [0.717, 1.165) is 22.6 Å². The van der Waals surface area contributed by atoms with Crippen LogP contribution in [0.3, 0.4) is 0 Å². The Balaban J connectivity index is 1.57. The molecule has 0 aliphatic heterocycles. The molecule has 180 valence electrons. The van der Waals surface area contributed by atoms with Gasteiger partial charge in [-0.25, -0.2) is 9.97 Å². The van der Waals surface area contributed by atoms with Gasteiger partial charge in [-0.15, -0.1) is 0 Å². The van der Waals surface area contributed by atoms with E-state index in [9.17, 15) is 4.79 Å². The molecule has 1 atom stereocenters.